The molecule has 0 aliphatic rings. The number of amides is 1. The molecule has 1 unspecified atom stereocenters. The Kier molecular flexibility index (Phi) is 8.08. The molecule has 1 rings (SSSR count). The Bertz CT molecular complexity index is 511. The maximum absolute atomic E-state index is 12.1. The maximum Gasteiger partial charge on any atom is 0.318 e. The van der Waals surface area contributed by atoms with Gasteiger partial charge in [-0.05, 0) is 36.3 Å². The van der Waals surface area contributed by atoms with E-state index in [4.69, 9.17) is 5.73 Å². The van der Waals surface area contributed by atoms with Crippen molar-refractivity contribution in [1.29, 1.82) is 0 Å². The summed E-state index contributed by atoms with van der Waals surface area (Å²) in [5, 5.41) is 8.62. The number of nitrogens with one attached hydrogen (secondary N) is 1. The van der Waals surface area contributed by atoms with Crippen molar-refractivity contribution in [2.24, 2.45) is 11.7 Å². The third-order valence-electron chi connectivity index (χ3n) is 3.15. The normalized spacial score (nSPS) is 13.8. The smallest absolute Gasteiger partial charge is 0.318 e. The highest BCUT2D eigenvalue weighted by molar-refractivity contribution is 7.98. The van der Waals surface area contributed by atoms with Gasteiger partial charge < -0.3 is 10.8 Å². The number of benzene rings is 1. The Balaban J connectivity index is 2.49. The fourth-order valence-corrected chi connectivity index (χ4v) is 3.12. The largest absolute Gasteiger partial charge is 0.480 e. The highest BCUT2D eigenvalue weighted by atomic mass is 32.2. The minimum absolute atomic E-state index is 0.257. The average Bonchev–Trinajstić information content (AvgIpc) is 2.46. The molecule has 128 valence electrons. The first-order chi connectivity index (χ1) is 10.8. The molecular formula is C16H25N3O3S. The Morgan fingerprint density at radius 2 is 1.91 bits per heavy atom. The topological polar surface area (TPSA) is 95.7 Å². The summed E-state index contributed by atoms with van der Waals surface area (Å²) in [5.74, 6) is -0.969. The molecule has 1 amide bonds. The second-order valence-corrected chi connectivity index (χ2v) is 7.16. The van der Waals surface area contributed by atoms with Crippen LogP contribution in [0.1, 0.15) is 25.8 Å². The van der Waals surface area contributed by atoms with Crippen LogP contribution in [0.2, 0.25) is 0 Å². The first-order valence-electron chi connectivity index (χ1n) is 7.53. The quantitative estimate of drug-likeness (QED) is 0.468. The molecule has 1 aromatic rings. The number of carboxylic acids is 1. The van der Waals surface area contributed by atoms with Crippen molar-refractivity contribution in [1.82, 2.24) is 9.84 Å². The van der Waals surface area contributed by atoms with E-state index in [9.17, 15) is 14.7 Å². The van der Waals surface area contributed by atoms with E-state index in [1.54, 1.807) is 7.05 Å². The van der Waals surface area contributed by atoms with E-state index < -0.39 is 17.3 Å². The van der Waals surface area contributed by atoms with Gasteiger partial charge in [-0.25, -0.2) is 0 Å². The molecule has 23 heavy (non-hydrogen) atoms. The molecule has 0 aliphatic carbocycles. The molecule has 0 spiro atoms. The van der Waals surface area contributed by atoms with Crippen molar-refractivity contribution in [3.05, 3.63) is 35.9 Å². The highest BCUT2D eigenvalue weighted by Crippen LogP contribution is 2.21. The number of hydrogen-bond donors (Lipinski definition) is 3. The van der Waals surface area contributed by atoms with Crippen LogP contribution in [0.3, 0.4) is 0 Å². The zero-order valence-corrected chi connectivity index (χ0v) is 14.5. The van der Waals surface area contributed by atoms with Gasteiger partial charge in [-0.1, -0.05) is 44.2 Å². The van der Waals surface area contributed by atoms with Crippen LogP contribution in [0.25, 0.3) is 0 Å². The molecule has 0 aromatic heterocycles. The lowest BCUT2D eigenvalue weighted by Crippen LogP contribution is -2.47. The van der Waals surface area contributed by atoms with Gasteiger partial charge in [0.15, 0.2) is 0 Å². The molecule has 0 saturated carbocycles. The van der Waals surface area contributed by atoms with Crippen LogP contribution in [0, 0.1) is 5.92 Å². The van der Waals surface area contributed by atoms with Crippen LogP contribution < -0.4 is 11.2 Å². The van der Waals surface area contributed by atoms with E-state index >= 15 is 0 Å². The Morgan fingerprint density at radius 1 is 1.30 bits per heavy atom. The van der Waals surface area contributed by atoms with Crippen LogP contribution in [0.4, 0.5) is 0 Å². The summed E-state index contributed by atoms with van der Waals surface area (Å²) in [6.07, 6.45) is 0.954. The SMILES string of the molecule is CC(C)CC(SN(C)NC(=O)[C@@H](N)Cc1ccccc1)C(=O)O. The monoisotopic (exact) mass is 339 g/mol. The number of rotatable bonds is 9. The van der Waals surface area contributed by atoms with E-state index in [1.165, 1.54) is 4.41 Å². The number of carboxylic acid groups (broad SMARTS) is 1. The third-order valence-corrected chi connectivity index (χ3v) is 4.21. The summed E-state index contributed by atoms with van der Waals surface area (Å²) in [7, 11) is 1.62. The molecule has 0 heterocycles. The van der Waals surface area contributed by atoms with E-state index in [0.717, 1.165) is 17.5 Å². The van der Waals surface area contributed by atoms with Gasteiger partial charge in [0.25, 0.3) is 5.91 Å². The third kappa shape index (κ3) is 7.49. The summed E-state index contributed by atoms with van der Waals surface area (Å²) >= 11 is 1.08. The number of hydrazine groups is 1. The summed E-state index contributed by atoms with van der Waals surface area (Å²) in [4.78, 5) is 23.3. The van der Waals surface area contributed by atoms with Crippen molar-refractivity contribution in [3.8, 4) is 0 Å². The standard InChI is InChI=1S/C16H25N3O3S/c1-11(2)9-14(16(21)22)23-19(3)18-15(20)13(17)10-12-7-5-4-6-8-12/h4-8,11,13-14H,9-10,17H2,1-3H3,(H,18,20)(H,21,22)/t13-,14?/m0/s1. The first kappa shape index (κ1) is 19.5. The van der Waals surface area contributed by atoms with Crippen molar-refractivity contribution >= 4 is 23.8 Å². The zero-order chi connectivity index (χ0) is 17.4. The van der Waals surface area contributed by atoms with Gasteiger partial charge in [0.05, 0.1) is 6.04 Å². The van der Waals surface area contributed by atoms with Crippen LogP contribution in [0.5, 0.6) is 0 Å². The van der Waals surface area contributed by atoms with Crippen molar-refractivity contribution in [3.63, 3.8) is 0 Å². The average molecular weight is 339 g/mol. The number of carbonyl (C=O) groups excluding carboxylic acids is 1. The Labute approximate surface area is 141 Å². The second-order valence-electron chi connectivity index (χ2n) is 5.83. The highest BCUT2D eigenvalue weighted by Gasteiger charge is 2.23. The van der Waals surface area contributed by atoms with Crippen molar-refractivity contribution < 1.29 is 14.7 Å². The number of carbonyl (C=O) groups is 2. The molecule has 7 heteroatoms. The van der Waals surface area contributed by atoms with Crippen LogP contribution >= 0.6 is 11.9 Å². The number of hydrogen-bond acceptors (Lipinski definition) is 5. The fraction of sp³-hybridized carbons (Fsp3) is 0.500. The van der Waals surface area contributed by atoms with Crippen molar-refractivity contribution in [2.75, 3.05) is 7.05 Å². The number of nitrogens with two attached hydrogens (primary N) is 1. The van der Waals surface area contributed by atoms with Gasteiger partial charge in [0, 0.05) is 7.05 Å². The van der Waals surface area contributed by atoms with Gasteiger partial charge in [-0.15, -0.1) is 0 Å². The zero-order valence-electron chi connectivity index (χ0n) is 13.7. The Hall–Kier alpha value is -1.57. The van der Waals surface area contributed by atoms with Gasteiger partial charge in [-0.2, -0.15) is 4.41 Å². The molecule has 4 N–H and O–H groups in total. The Morgan fingerprint density at radius 3 is 2.43 bits per heavy atom. The predicted octanol–water partition coefficient (Wildman–Crippen LogP) is 1.67. The molecule has 2 atom stereocenters. The van der Waals surface area contributed by atoms with Gasteiger partial charge in [0.1, 0.15) is 5.25 Å². The van der Waals surface area contributed by atoms with E-state index in [1.807, 2.05) is 44.2 Å². The summed E-state index contributed by atoms with van der Waals surface area (Å²) in [5.41, 5.74) is 9.51. The molecule has 0 fully saturated rings. The lowest BCUT2D eigenvalue weighted by molar-refractivity contribution is -0.136. The molecule has 0 bridgehead atoms. The minimum Gasteiger partial charge on any atom is -0.480 e. The van der Waals surface area contributed by atoms with Crippen molar-refractivity contribution in [2.45, 2.75) is 38.0 Å². The maximum atomic E-state index is 12.1. The number of nitrogens with zero attached hydrogens (tertiary/aromatic N) is 1. The minimum atomic E-state index is -0.890. The second kappa shape index (κ2) is 9.54. The lowest BCUT2D eigenvalue weighted by Gasteiger charge is -2.23. The molecule has 6 nitrogen and oxygen atoms in total. The lowest BCUT2D eigenvalue weighted by atomic mass is 10.1. The van der Waals surface area contributed by atoms with Crippen LogP contribution in [-0.4, -0.2) is 39.7 Å². The fourth-order valence-electron chi connectivity index (χ4n) is 2.03. The molecule has 0 saturated heterocycles. The predicted molar refractivity (Wildman–Crippen MR) is 92.5 cm³/mol. The van der Waals surface area contributed by atoms with Gasteiger partial charge in [0.2, 0.25) is 0 Å². The van der Waals surface area contributed by atoms with Gasteiger partial charge in [-0.3, -0.25) is 15.0 Å². The molecule has 1 aromatic carbocycles. The van der Waals surface area contributed by atoms with Crippen LogP contribution in [0.15, 0.2) is 30.3 Å². The number of aliphatic carboxylic acids is 1. The van der Waals surface area contributed by atoms with E-state index in [2.05, 4.69) is 5.43 Å². The van der Waals surface area contributed by atoms with E-state index in [-0.39, 0.29) is 11.8 Å². The summed E-state index contributed by atoms with van der Waals surface area (Å²) < 4.78 is 1.42. The summed E-state index contributed by atoms with van der Waals surface area (Å²) in [6.45, 7) is 3.93. The molecule has 0 radical (unpaired) electrons. The summed E-state index contributed by atoms with van der Waals surface area (Å²) in [6, 6.07) is 8.83. The van der Waals surface area contributed by atoms with Crippen LogP contribution in [-0.2, 0) is 16.0 Å². The van der Waals surface area contributed by atoms with Gasteiger partial charge >= 0.3 is 5.97 Å². The molecular weight excluding hydrogens is 314 g/mol. The van der Waals surface area contributed by atoms with E-state index in [0.29, 0.717) is 12.8 Å². The molecule has 0 aliphatic heterocycles. The first-order valence-corrected chi connectivity index (χ1v) is 8.36.